The van der Waals surface area contributed by atoms with Crippen LogP contribution in [0.1, 0.15) is 6.42 Å². The Bertz CT molecular complexity index is 14.0. The van der Waals surface area contributed by atoms with Gasteiger partial charge in [0.05, 0.1) is 0 Å². The molecule has 1 aliphatic heterocycles. The van der Waals surface area contributed by atoms with Crippen LogP contribution in [0, 0.1) is 0 Å². The molecule has 0 aromatic rings. The van der Waals surface area contributed by atoms with Gasteiger partial charge in [0.1, 0.15) is 0 Å². The number of hydrogen-bond acceptors (Lipinski definition) is 3. The average Bonchev–Trinajstić information content (AvgIpc) is 0.722. The second-order valence-electron chi connectivity index (χ2n) is 1.10. The Balaban J connectivity index is 0. The molecule has 0 unspecified atom stereocenters. The Hall–Kier alpha value is -0.120. The molecule has 3 heteroatoms. The van der Waals surface area contributed by atoms with E-state index in [1.807, 2.05) is 0 Å². The van der Waals surface area contributed by atoms with Gasteiger partial charge in [0.2, 0.25) is 0 Å². The Labute approximate surface area is 38.3 Å². The van der Waals surface area contributed by atoms with E-state index in [2.05, 4.69) is 5.32 Å². The van der Waals surface area contributed by atoms with Crippen molar-refractivity contribution in [1.82, 2.24) is 17.6 Å². The molecule has 0 radical (unpaired) electrons. The first kappa shape index (κ1) is 9.30. The van der Waals surface area contributed by atoms with E-state index >= 15 is 0 Å². The summed E-state index contributed by atoms with van der Waals surface area (Å²) >= 11 is 0. The summed E-state index contributed by atoms with van der Waals surface area (Å²) in [5.74, 6) is 0. The number of nitrogens with one attached hydrogen (secondary N) is 1. The van der Waals surface area contributed by atoms with Crippen molar-refractivity contribution in [2.24, 2.45) is 0 Å². The molecule has 6 heavy (non-hydrogen) atoms. The molecule has 7 N–H and O–H groups in total. The molecule has 1 heterocycles. The van der Waals surface area contributed by atoms with E-state index in [1.54, 1.807) is 0 Å². The highest BCUT2D eigenvalue weighted by Crippen LogP contribution is 1.80. The van der Waals surface area contributed by atoms with Gasteiger partial charge in [-0.05, 0) is 19.5 Å². The van der Waals surface area contributed by atoms with Crippen LogP contribution in [0.2, 0.25) is 0 Å². The van der Waals surface area contributed by atoms with E-state index in [-0.39, 0.29) is 12.3 Å². The summed E-state index contributed by atoms with van der Waals surface area (Å²) in [5.41, 5.74) is 0. The van der Waals surface area contributed by atoms with E-state index in [0.29, 0.717) is 0 Å². The van der Waals surface area contributed by atoms with Gasteiger partial charge in [-0.15, -0.1) is 0 Å². The average molecular weight is 91.2 g/mol. The maximum absolute atomic E-state index is 3.11. The standard InChI is InChI=1S/C3H7N.2H3N/c1-2-4-3-1;;/h4H,1-3H2;2*1H3. The molecule has 3 nitrogen and oxygen atoms in total. The normalized spacial score (nSPS) is 16.0. The lowest BCUT2D eigenvalue weighted by Crippen LogP contribution is -2.29. The van der Waals surface area contributed by atoms with Gasteiger partial charge in [-0.1, -0.05) is 0 Å². The van der Waals surface area contributed by atoms with Gasteiger partial charge in [-0.3, -0.25) is 0 Å². The van der Waals surface area contributed by atoms with E-state index in [9.17, 15) is 0 Å². The van der Waals surface area contributed by atoms with Crippen LogP contribution in [0.25, 0.3) is 0 Å². The molecule has 1 fully saturated rings. The molecule has 0 spiro atoms. The highest BCUT2D eigenvalue weighted by molar-refractivity contribution is 4.56. The minimum atomic E-state index is 0. The predicted molar refractivity (Wildman–Crippen MR) is 27.5 cm³/mol. The van der Waals surface area contributed by atoms with Crippen molar-refractivity contribution in [3.8, 4) is 0 Å². The third-order valence-corrected chi connectivity index (χ3v) is 0.707. The molecule has 0 bridgehead atoms. The smallest absolute Gasteiger partial charge is 0.00368 e. The van der Waals surface area contributed by atoms with Gasteiger partial charge in [-0.2, -0.15) is 0 Å². The number of hydrogen-bond donors (Lipinski definition) is 3. The van der Waals surface area contributed by atoms with Gasteiger partial charge in [-0.25, -0.2) is 0 Å². The third kappa shape index (κ3) is 2.14. The molecule has 0 aromatic heterocycles. The van der Waals surface area contributed by atoms with Crippen molar-refractivity contribution in [3.63, 3.8) is 0 Å². The molecule has 40 valence electrons. The van der Waals surface area contributed by atoms with Crippen LogP contribution in [0.4, 0.5) is 0 Å². The van der Waals surface area contributed by atoms with E-state index in [1.165, 1.54) is 19.5 Å². The summed E-state index contributed by atoms with van der Waals surface area (Å²) in [6, 6.07) is 0. The van der Waals surface area contributed by atoms with Crippen LogP contribution >= 0.6 is 0 Å². The zero-order valence-corrected chi connectivity index (χ0v) is 4.04. The van der Waals surface area contributed by atoms with E-state index in [4.69, 9.17) is 0 Å². The fourth-order valence-corrected chi connectivity index (χ4v) is 0.177. The van der Waals surface area contributed by atoms with Gasteiger partial charge in [0.15, 0.2) is 0 Å². The highest BCUT2D eigenvalue weighted by Gasteiger charge is 1.92. The second-order valence-corrected chi connectivity index (χ2v) is 1.10. The topological polar surface area (TPSA) is 82.0 Å². The molecular weight excluding hydrogens is 78.1 g/mol. The fraction of sp³-hybridized carbons (Fsp3) is 1.00. The lowest BCUT2D eigenvalue weighted by molar-refractivity contribution is 0.527. The molecular formula is C3H13N3. The first-order valence-electron chi connectivity index (χ1n) is 1.71. The van der Waals surface area contributed by atoms with E-state index in [0.717, 1.165) is 0 Å². The van der Waals surface area contributed by atoms with Crippen LogP contribution in [0.15, 0.2) is 0 Å². The zero-order chi connectivity index (χ0) is 2.83. The first-order valence-corrected chi connectivity index (χ1v) is 1.71. The summed E-state index contributed by atoms with van der Waals surface area (Å²) < 4.78 is 0. The Morgan fingerprint density at radius 1 is 1.00 bits per heavy atom. The summed E-state index contributed by atoms with van der Waals surface area (Å²) in [6.45, 7) is 2.50. The first-order chi connectivity index (χ1) is 2.00. The quantitative estimate of drug-likeness (QED) is 0.401. The zero-order valence-electron chi connectivity index (χ0n) is 4.04. The molecule has 0 amide bonds. The van der Waals surface area contributed by atoms with Crippen molar-refractivity contribution in [2.45, 2.75) is 6.42 Å². The molecule has 0 aromatic carbocycles. The van der Waals surface area contributed by atoms with Crippen LogP contribution < -0.4 is 17.6 Å². The van der Waals surface area contributed by atoms with Crippen molar-refractivity contribution in [3.05, 3.63) is 0 Å². The minimum Gasteiger partial charge on any atom is -0.344 e. The van der Waals surface area contributed by atoms with Crippen molar-refractivity contribution in [2.75, 3.05) is 13.1 Å². The summed E-state index contributed by atoms with van der Waals surface area (Å²) in [7, 11) is 0. The lowest BCUT2D eigenvalue weighted by Gasteiger charge is -2.09. The third-order valence-electron chi connectivity index (χ3n) is 0.707. The second kappa shape index (κ2) is 4.88. The Morgan fingerprint density at radius 2 is 1.17 bits per heavy atom. The minimum absolute atomic E-state index is 0. The molecule has 1 rings (SSSR count). The maximum atomic E-state index is 3.11. The van der Waals surface area contributed by atoms with Crippen molar-refractivity contribution >= 4 is 0 Å². The van der Waals surface area contributed by atoms with Crippen molar-refractivity contribution < 1.29 is 0 Å². The van der Waals surface area contributed by atoms with Crippen LogP contribution in [0.3, 0.4) is 0 Å². The van der Waals surface area contributed by atoms with Crippen LogP contribution in [0.5, 0.6) is 0 Å². The van der Waals surface area contributed by atoms with Gasteiger partial charge >= 0.3 is 0 Å². The van der Waals surface area contributed by atoms with Crippen LogP contribution in [-0.2, 0) is 0 Å². The lowest BCUT2D eigenvalue weighted by atomic mass is 10.3. The fourth-order valence-electron chi connectivity index (χ4n) is 0.177. The molecule has 1 saturated heterocycles. The SMILES string of the molecule is C1CNC1.N.N. The Morgan fingerprint density at radius 3 is 1.17 bits per heavy atom. The number of rotatable bonds is 0. The predicted octanol–water partition coefficient (Wildman–Crippen LogP) is 0.304. The van der Waals surface area contributed by atoms with E-state index < -0.39 is 0 Å². The summed E-state index contributed by atoms with van der Waals surface area (Å²) in [4.78, 5) is 0. The summed E-state index contributed by atoms with van der Waals surface area (Å²) in [6.07, 6.45) is 1.39. The molecule has 1 aliphatic rings. The maximum Gasteiger partial charge on any atom is -0.00368 e. The largest absolute Gasteiger partial charge is 0.344 e. The highest BCUT2D eigenvalue weighted by atomic mass is 14.9. The van der Waals surface area contributed by atoms with Crippen molar-refractivity contribution in [1.29, 1.82) is 0 Å². The van der Waals surface area contributed by atoms with Gasteiger partial charge < -0.3 is 17.6 Å². The molecule has 0 aliphatic carbocycles. The monoisotopic (exact) mass is 91.1 g/mol. The van der Waals surface area contributed by atoms with Gasteiger partial charge in [0, 0.05) is 0 Å². The van der Waals surface area contributed by atoms with Gasteiger partial charge in [0.25, 0.3) is 0 Å². The van der Waals surface area contributed by atoms with Crippen LogP contribution in [-0.4, -0.2) is 13.1 Å². The summed E-state index contributed by atoms with van der Waals surface area (Å²) in [5, 5.41) is 3.11. The molecule has 0 atom stereocenters. The Kier molecular flexibility index (Phi) is 7.57. The molecule has 0 saturated carbocycles.